The van der Waals surface area contributed by atoms with Crippen LogP contribution in [0.4, 0.5) is 0 Å². The van der Waals surface area contributed by atoms with Gasteiger partial charge in [-0.25, -0.2) is 8.42 Å². The average molecular weight is 365 g/mol. The van der Waals surface area contributed by atoms with Gasteiger partial charge in [-0.15, -0.1) is 0 Å². The minimum absolute atomic E-state index is 0.0438. The van der Waals surface area contributed by atoms with Crippen LogP contribution in [0.2, 0.25) is 0 Å². The minimum Gasteiger partial charge on any atom is -0.444 e. The molecule has 0 saturated carbocycles. The van der Waals surface area contributed by atoms with Crippen molar-refractivity contribution in [3.05, 3.63) is 22.6 Å². The quantitative estimate of drug-likeness (QED) is 0.786. The van der Waals surface area contributed by atoms with Crippen molar-refractivity contribution in [2.75, 3.05) is 18.1 Å². The Morgan fingerprint density at radius 3 is 2.70 bits per heavy atom. The number of nitrogens with one attached hydrogen (secondary N) is 2. The van der Waals surface area contributed by atoms with Crippen LogP contribution < -0.4 is 10.6 Å². The summed E-state index contributed by atoms with van der Waals surface area (Å²) in [5.74, 6) is -0.799. The smallest absolute Gasteiger partial charge is 0.287 e. The maximum atomic E-state index is 11.6. The van der Waals surface area contributed by atoms with E-state index in [-0.39, 0.29) is 29.9 Å². The van der Waals surface area contributed by atoms with E-state index in [0.29, 0.717) is 11.1 Å². The molecule has 0 radical (unpaired) electrons. The van der Waals surface area contributed by atoms with E-state index in [4.69, 9.17) is 4.42 Å². The van der Waals surface area contributed by atoms with Crippen LogP contribution in [0.3, 0.4) is 0 Å². The topological polar surface area (TPSA) is 105 Å². The second-order valence-corrected chi connectivity index (χ2v) is 7.46. The Hall–Kier alpha value is -1.35. The highest BCUT2D eigenvalue weighted by Crippen LogP contribution is 2.13. The number of hydrogen-bond donors (Lipinski definition) is 2. The third-order valence-corrected chi connectivity index (χ3v) is 5.00. The van der Waals surface area contributed by atoms with Crippen molar-refractivity contribution in [2.45, 2.75) is 12.5 Å². The monoisotopic (exact) mass is 364 g/mol. The third-order valence-electron chi connectivity index (χ3n) is 2.80. The van der Waals surface area contributed by atoms with Gasteiger partial charge < -0.3 is 15.1 Å². The average Bonchev–Trinajstić information content (AvgIpc) is 2.92. The number of sulfone groups is 1. The fourth-order valence-electron chi connectivity index (χ4n) is 1.87. The van der Waals surface area contributed by atoms with Crippen LogP contribution in [0.5, 0.6) is 0 Å². The maximum absolute atomic E-state index is 11.6. The van der Waals surface area contributed by atoms with E-state index in [1.165, 1.54) is 6.07 Å². The highest BCUT2D eigenvalue weighted by atomic mass is 79.9. The van der Waals surface area contributed by atoms with Gasteiger partial charge in [0.25, 0.3) is 5.91 Å². The summed E-state index contributed by atoms with van der Waals surface area (Å²) in [6, 6.07) is 2.67. The summed E-state index contributed by atoms with van der Waals surface area (Å²) in [5, 5.41) is 4.97. The summed E-state index contributed by atoms with van der Waals surface area (Å²) < 4.78 is 27.9. The molecular formula is C11H13BrN2O5S. The molecule has 9 heteroatoms. The van der Waals surface area contributed by atoms with Crippen molar-refractivity contribution in [3.63, 3.8) is 0 Å². The number of rotatable bonds is 4. The fraction of sp³-hybridized carbons (Fsp3) is 0.455. The fourth-order valence-corrected chi connectivity index (χ4v) is 3.85. The summed E-state index contributed by atoms with van der Waals surface area (Å²) in [6.07, 6.45) is 0.410. The molecule has 1 atom stereocenters. The van der Waals surface area contributed by atoms with Gasteiger partial charge in [-0.1, -0.05) is 0 Å². The van der Waals surface area contributed by atoms with Crippen LogP contribution >= 0.6 is 15.9 Å². The van der Waals surface area contributed by atoms with Crippen molar-refractivity contribution in [1.82, 2.24) is 10.6 Å². The van der Waals surface area contributed by atoms with Gasteiger partial charge in [0.15, 0.2) is 20.3 Å². The second kappa shape index (κ2) is 5.96. The predicted molar refractivity (Wildman–Crippen MR) is 73.9 cm³/mol. The Bertz CT molecular complexity index is 625. The van der Waals surface area contributed by atoms with Crippen molar-refractivity contribution < 1.29 is 22.4 Å². The second-order valence-electron chi connectivity index (χ2n) is 4.45. The highest BCUT2D eigenvalue weighted by molar-refractivity contribution is 9.10. The minimum atomic E-state index is -3.03. The molecule has 7 nitrogen and oxygen atoms in total. The van der Waals surface area contributed by atoms with Crippen molar-refractivity contribution >= 4 is 37.6 Å². The summed E-state index contributed by atoms with van der Waals surface area (Å²) in [7, 11) is -3.03. The number of halogens is 1. The molecule has 110 valence electrons. The molecule has 1 aliphatic heterocycles. The van der Waals surface area contributed by atoms with E-state index in [9.17, 15) is 18.0 Å². The van der Waals surface area contributed by atoms with Gasteiger partial charge in [0.2, 0.25) is 5.91 Å². The van der Waals surface area contributed by atoms with Gasteiger partial charge >= 0.3 is 0 Å². The van der Waals surface area contributed by atoms with E-state index in [1.54, 1.807) is 6.07 Å². The SMILES string of the molecule is O=C(CNC(=O)c1ccc(Br)o1)NC1CCS(=O)(=O)C1. The molecule has 1 aromatic rings. The molecule has 1 aliphatic rings. The Morgan fingerprint density at radius 2 is 2.15 bits per heavy atom. The van der Waals surface area contributed by atoms with Gasteiger partial charge in [-0.3, -0.25) is 9.59 Å². The van der Waals surface area contributed by atoms with Gasteiger partial charge in [0.05, 0.1) is 18.1 Å². The van der Waals surface area contributed by atoms with Gasteiger partial charge in [0, 0.05) is 6.04 Å². The van der Waals surface area contributed by atoms with Crippen LogP contribution in [-0.2, 0) is 14.6 Å². The molecule has 1 saturated heterocycles. The number of furan rings is 1. The lowest BCUT2D eigenvalue weighted by Gasteiger charge is -2.10. The summed E-state index contributed by atoms with van der Waals surface area (Å²) >= 11 is 3.07. The van der Waals surface area contributed by atoms with Gasteiger partial charge in [-0.2, -0.15) is 0 Å². The Labute approximate surface area is 124 Å². The first-order valence-corrected chi connectivity index (χ1v) is 8.50. The molecular weight excluding hydrogens is 352 g/mol. The molecule has 1 aromatic heterocycles. The molecule has 2 N–H and O–H groups in total. The Kier molecular flexibility index (Phi) is 4.48. The zero-order valence-corrected chi connectivity index (χ0v) is 12.8. The largest absolute Gasteiger partial charge is 0.444 e. The van der Waals surface area contributed by atoms with E-state index in [0.717, 1.165) is 0 Å². The standard InChI is InChI=1S/C11H13BrN2O5S/c12-9-2-1-8(19-9)11(16)13-5-10(15)14-7-3-4-20(17,18)6-7/h1-2,7H,3-6H2,(H,13,16)(H,14,15). The molecule has 2 amide bonds. The molecule has 20 heavy (non-hydrogen) atoms. The lowest BCUT2D eigenvalue weighted by molar-refractivity contribution is -0.120. The first-order valence-electron chi connectivity index (χ1n) is 5.89. The van der Waals surface area contributed by atoms with E-state index in [1.807, 2.05) is 0 Å². The van der Waals surface area contributed by atoms with Crippen LogP contribution in [0, 0.1) is 0 Å². The maximum Gasteiger partial charge on any atom is 0.287 e. The van der Waals surface area contributed by atoms with Gasteiger partial charge in [0.1, 0.15) is 0 Å². The summed E-state index contributed by atoms with van der Waals surface area (Å²) in [4.78, 5) is 23.2. The molecule has 0 aromatic carbocycles. The molecule has 0 spiro atoms. The van der Waals surface area contributed by atoms with Crippen molar-refractivity contribution in [1.29, 1.82) is 0 Å². The zero-order chi connectivity index (χ0) is 14.8. The lowest BCUT2D eigenvalue weighted by Crippen LogP contribution is -2.42. The van der Waals surface area contributed by atoms with Crippen LogP contribution in [-0.4, -0.2) is 44.3 Å². The van der Waals surface area contributed by atoms with E-state index < -0.39 is 21.7 Å². The van der Waals surface area contributed by atoms with Crippen LogP contribution in [0.15, 0.2) is 21.2 Å². The highest BCUT2D eigenvalue weighted by Gasteiger charge is 2.28. The first-order chi connectivity index (χ1) is 9.35. The van der Waals surface area contributed by atoms with Crippen LogP contribution in [0.1, 0.15) is 17.0 Å². The number of amides is 2. The molecule has 0 aliphatic carbocycles. The zero-order valence-electron chi connectivity index (χ0n) is 10.4. The number of carbonyl (C=O) groups is 2. The van der Waals surface area contributed by atoms with Gasteiger partial charge in [-0.05, 0) is 34.5 Å². The Morgan fingerprint density at radius 1 is 1.40 bits per heavy atom. The van der Waals surface area contributed by atoms with E-state index in [2.05, 4.69) is 26.6 Å². The summed E-state index contributed by atoms with van der Waals surface area (Å²) in [6.45, 7) is -0.228. The molecule has 1 fully saturated rings. The predicted octanol–water partition coefficient (Wildman–Crippen LogP) is 0.0752. The number of carbonyl (C=O) groups excluding carboxylic acids is 2. The van der Waals surface area contributed by atoms with Crippen LogP contribution in [0.25, 0.3) is 0 Å². The lowest BCUT2D eigenvalue weighted by atomic mass is 10.2. The third kappa shape index (κ3) is 4.07. The normalized spacial score (nSPS) is 20.6. The Balaban J connectivity index is 1.77. The first kappa shape index (κ1) is 15.0. The van der Waals surface area contributed by atoms with Crippen molar-refractivity contribution in [2.24, 2.45) is 0 Å². The molecule has 1 unspecified atom stereocenters. The molecule has 2 rings (SSSR count). The van der Waals surface area contributed by atoms with E-state index >= 15 is 0 Å². The molecule has 0 bridgehead atoms. The van der Waals surface area contributed by atoms with Crippen molar-refractivity contribution in [3.8, 4) is 0 Å². The number of hydrogen-bond acceptors (Lipinski definition) is 5. The molecule has 2 heterocycles. The summed E-state index contributed by atoms with van der Waals surface area (Å²) in [5.41, 5.74) is 0.